The lowest BCUT2D eigenvalue weighted by atomic mass is 10.2. The number of likely N-dealkylation sites (tertiary alicyclic amines) is 1. The Balaban J connectivity index is 2.12. The minimum atomic E-state index is -0.248. The van der Waals surface area contributed by atoms with Gasteiger partial charge in [0.25, 0.3) is 0 Å². The molecule has 2 N–H and O–H groups in total. The van der Waals surface area contributed by atoms with Crippen molar-refractivity contribution >= 4 is 18.0 Å². The van der Waals surface area contributed by atoms with Gasteiger partial charge in [-0.2, -0.15) is 0 Å². The molecular formula is C9H18N2O3S. The zero-order valence-electron chi connectivity index (χ0n) is 9.14. The van der Waals surface area contributed by atoms with Crippen molar-refractivity contribution in [2.45, 2.75) is 18.6 Å². The Kier molecular flexibility index (Phi) is 5.38. The van der Waals surface area contributed by atoms with Crippen LogP contribution in [0.2, 0.25) is 0 Å². The lowest BCUT2D eigenvalue weighted by Gasteiger charge is -2.14. The fourth-order valence-corrected chi connectivity index (χ4v) is 1.87. The second kappa shape index (κ2) is 6.32. The molecule has 0 aromatic heterocycles. The predicted octanol–water partition coefficient (Wildman–Crippen LogP) is -0.144. The van der Waals surface area contributed by atoms with Gasteiger partial charge in [-0.15, -0.1) is 0 Å². The van der Waals surface area contributed by atoms with Crippen molar-refractivity contribution in [3.8, 4) is 0 Å². The van der Waals surface area contributed by atoms with Gasteiger partial charge in [0.15, 0.2) is 0 Å². The highest BCUT2D eigenvalue weighted by Gasteiger charge is 2.28. The molecule has 0 radical (unpaired) electrons. The SMILES string of the molecule is CSOC(=O)CCOC1CN(C)CC1N. The normalized spacial score (nSPS) is 26.9. The fourth-order valence-electron chi connectivity index (χ4n) is 1.60. The van der Waals surface area contributed by atoms with Crippen LogP contribution in [0.4, 0.5) is 0 Å². The van der Waals surface area contributed by atoms with E-state index in [1.807, 2.05) is 7.05 Å². The molecule has 5 nitrogen and oxygen atoms in total. The second-order valence-corrected chi connectivity index (χ2v) is 4.17. The monoisotopic (exact) mass is 234 g/mol. The zero-order chi connectivity index (χ0) is 11.3. The van der Waals surface area contributed by atoms with E-state index in [-0.39, 0.29) is 24.5 Å². The van der Waals surface area contributed by atoms with Gasteiger partial charge in [0, 0.05) is 25.4 Å². The van der Waals surface area contributed by atoms with Crippen molar-refractivity contribution in [2.24, 2.45) is 5.73 Å². The maximum absolute atomic E-state index is 11.0. The van der Waals surface area contributed by atoms with Crippen LogP contribution in [0, 0.1) is 0 Å². The summed E-state index contributed by atoms with van der Waals surface area (Å²) >= 11 is 1.06. The number of ether oxygens (including phenoxy) is 1. The quantitative estimate of drug-likeness (QED) is 0.668. The van der Waals surface area contributed by atoms with Crippen LogP contribution in [-0.4, -0.2) is 56.0 Å². The molecule has 2 unspecified atom stereocenters. The third-order valence-electron chi connectivity index (χ3n) is 2.31. The molecule has 1 fully saturated rings. The standard InChI is InChI=1S/C9H18N2O3S/c1-11-5-7(10)8(6-11)13-4-3-9(12)14-15-2/h7-8H,3-6,10H2,1-2H3. The average Bonchev–Trinajstić information content (AvgIpc) is 2.46. The number of rotatable bonds is 5. The lowest BCUT2D eigenvalue weighted by Crippen LogP contribution is -2.35. The summed E-state index contributed by atoms with van der Waals surface area (Å²) in [5, 5.41) is 0. The van der Waals surface area contributed by atoms with Gasteiger partial charge in [0.1, 0.15) is 0 Å². The maximum atomic E-state index is 11.0. The number of nitrogens with two attached hydrogens (primary N) is 1. The number of hydrogen-bond acceptors (Lipinski definition) is 6. The summed E-state index contributed by atoms with van der Waals surface area (Å²) in [7, 11) is 2.01. The molecule has 15 heavy (non-hydrogen) atoms. The number of carbonyl (C=O) groups excluding carboxylic acids is 1. The molecule has 1 rings (SSSR count). The highest BCUT2D eigenvalue weighted by atomic mass is 32.2. The van der Waals surface area contributed by atoms with Gasteiger partial charge >= 0.3 is 5.97 Å². The molecule has 2 atom stereocenters. The third kappa shape index (κ3) is 4.38. The molecule has 88 valence electrons. The first-order valence-electron chi connectivity index (χ1n) is 4.92. The van der Waals surface area contributed by atoms with E-state index >= 15 is 0 Å². The summed E-state index contributed by atoms with van der Waals surface area (Å²) in [5.74, 6) is -0.248. The van der Waals surface area contributed by atoms with Crippen LogP contribution in [0.3, 0.4) is 0 Å². The maximum Gasteiger partial charge on any atom is 0.320 e. The molecule has 0 saturated carbocycles. The first-order valence-corrected chi connectivity index (χ1v) is 6.07. The molecule has 0 aromatic carbocycles. The smallest absolute Gasteiger partial charge is 0.320 e. The van der Waals surface area contributed by atoms with Crippen molar-refractivity contribution in [2.75, 3.05) is 33.0 Å². The molecule has 0 aliphatic carbocycles. The van der Waals surface area contributed by atoms with Gasteiger partial charge in [-0.3, -0.25) is 4.79 Å². The summed E-state index contributed by atoms with van der Waals surface area (Å²) in [6.45, 7) is 2.06. The summed E-state index contributed by atoms with van der Waals surface area (Å²) in [4.78, 5) is 13.1. The van der Waals surface area contributed by atoms with Crippen molar-refractivity contribution in [1.29, 1.82) is 0 Å². The molecule has 6 heteroatoms. The van der Waals surface area contributed by atoms with Gasteiger partial charge in [0.05, 0.1) is 31.2 Å². The highest BCUT2D eigenvalue weighted by molar-refractivity contribution is 7.94. The number of hydrogen-bond donors (Lipinski definition) is 1. The van der Waals surface area contributed by atoms with E-state index < -0.39 is 0 Å². The Morgan fingerprint density at radius 3 is 2.87 bits per heavy atom. The summed E-state index contributed by atoms with van der Waals surface area (Å²) in [6, 6.07) is 0.0478. The molecule has 1 heterocycles. The van der Waals surface area contributed by atoms with Gasteiger partial charge in [0.2, 0.25) is 0 Å². The molecular weight excluding hydrogens is 216 g/mol. The lowest BCUT2D eigenvalue weighted by molar-refractivity contribution is -0.134. The largest absolute Gasteiger partial charge is 0.392 e. The number of nitrogens with zero attached hydrogens (tertiary/aromatic N) is 1. The van der Waals surface area contributed by atoms with Crippen molar-refractivity contribution in [1.82, 2.24) is 4.90 Å². The molecule has 0 bridgehead atoms. The van der Waals surface area contributed by atoms with Crippen LogP contribution in [-0.2, 0) is 13.7 Å². The Morgan fingerprint density at radius 2 is 2.33 bits per heavy atom. The minimum absolute atomic E-state index is 0.0390. The van der Waals surface area contributed by atoms with Gasteiger partial charge < -0.3 is 19.6 Å². The molecule has 1 aliphatic rings. The van der Waals surface area contributed by atoms with E-state index in [2.05, 4.69) is 4.90 Å². The van der Waals surface area contributed by atoms with E-state index in [4.69, 9.17) is 14.7 Å². The van der Waals surface area contributed by atoms with Crippen LogP contribution in [0.1, 0.15) is 6.42 Å². The fraction of sp³-hybridized carbons (Fsp3) is 0.889. The predicted molar refractivity (Wildman–Crippen MR) is 59.4 cm³/mol. The van der Waals surface area contributed by atoms with Crippen LogP contribution in [0.15, 0.2) is 0 Å². The van der Waals surface area contributed by atoms with Crippen molar-refractivity contribution in [3.05, 3.63) is 0 Å². The summed E-state index contributed by atoms with van der Waals surface area (Å²) in [6.07, 6.45) is 2.03. The van der Waals surface area contributed by atoms with Gasteiger partial charge in [-0.25, -0.2) is 0 Å². The Bertz CT molecular complexity index is 216. The van der Waals surface area contributed by atoms with Gasteiger partial charge in [-0.05, 0) is 7.05 Å². The third-order valence-corrected chi connectivity index (χ3v) is 2.66. The second-order valence-electron chi connectivity index (χ2n) is 3.67. The van der Waals surface area contributed by atoms with Crippen LogP contribution in [0.25, 0.3) is 0 Å². The first kappa shape index (κ1) is 12.8. The minimum Gasteiger partial charge on any atom is -0.392 e. The number of carbonyl (C=O) groups is 1. The summed E-state index contributed by atoms with van der Waals surface area (Å²) in [5.41, 5.74) is 5.86. The number of likely N-dealkylation sites (N-methyl/N-ethyl adjacent to an activating group) is 1. The van der Waals surface area contributed by atoms with Crippen molar-refractivity contribution in [3.63, 3.8) is 0 Å². The van der Waals surface area contributed by atoms with Crippen molar-refractivity contribution < 1.29 is 13.7 Å². The van der Waals surface area contributed by atoms with E-state index in [1.54, 1.807) is 6.26 Å². The molecule has 1 aliphatic heterocycles. The van der Waals surface area contributed by atoms with Crippen LogP contribution >= 0.6 is 12.0 Å². The van der Waals surface area contributed by atoms with Crippen LogP contribution < -0.4 is 5.73 Å². The van der Waals surface area contributed by atoms with E-state index in [0.717, 1.165) is 25.1 Å². The van der Waals surface area contributed by atoms with Gasteiger partial charge in [-0.1, -0.05) is 0 Å². The average molecular weight is 234 g/mol. The van der Waals surface area contributed by atoms with Crippen LogP contribution in [0.5, 0.6) is 0 Å². The highest BCUT2D eigenvalue weighted by Crippen LogP contribution is 2.10. The molecule has 0 amide bonds. The Hall–Kier alpha value is -0.300. The Morgan fingerprint density at radius 1 is 1.60 bits per heavy atom. The Labute approximate surface area is 94.5 Å². The van der Waals surface area contributed by atoms with E-state index in [0.29, 0.717) is 6.61 Å². The zero-order valence-corrected chi connectivity index (χ0v) is 9.96. The summed E-state index contributed by atoms with van der Waals surface area (Å²) < 4.78 is 10.2. The molecule has 1 saturated heterocycles. The van der Waals surface area contributed by atoms with E-state index in [1.165, 1.54) is 0 Å². The molecule has 0 aromatic rings. The van der Waals surface area contributed by atoms with E-state index in [9.17, 15) is 4.79 Å². The topological polar surface area (TPSA) is 64.8 Å². The first-order chi connectivity index (χ1) is 7.13. The molecule has 0 spiro atoms.